The highest BCUT2D eigenvalue weighted by Gasteiger charge is 2.28. The fourth-order valence-corrected chi connectivity index (χ4v) is 4.33. The molecule has 0 fully saturated rings. The molecule has 1 N–H and O–H groups in total. The summed E-state index contributed by atoms with van der Waals surface area (Å²) < 4.78 is 17.3. The van der Waals surface area contributed by atoms with Gasteiger partial charge in [0.2, 0.25) is 0 Å². The van der Waals surface area contributed by atoms with E-state index in [0.717, 1.165) is 37.0 Å². The molecule has 2 aromatic carbocycles. The number of rotatable bonds is 14. The summed E-state index contributed by atoms with van der Waals surface area (Å²) in [4.78, 5) is 12.9. The zero-order valence-electron chi connectivity index (χ0n) is 23.3. The first-order valence-electron chi connectivity index (χ1n) is 13.4. The molecule has 0 aliphatic rings. The number of carbonyl (C=O) groups is 1. The van der Waals surface area contributed by atoms with E-state index in [9.17, 15) is 9.90 Å². The fraction of sp³-hybridized carbons (Fsp3) is 0.581. The maximum absolute atomic E-state index is 12.9. The minimum Gasteiger partial charge on any atom is -0.508 e. The van der Waals surface area contributed by atoms with E-state index in [4.69, 9.17) is 14.2 Å². The van der Waals surface area contributed by atoms with Crippen LogP contribution >= 0.6 is 0 Å². The van der Waals surface area contributed by atoms with E-state index < -0.39 is 5.60 Å². The lowest BCUT2D eigenvalue weighted by molar-refractivity contribution is -0.160. The summed E-state index contributed by atoms with van der Waals surface area (Å²) >= 11 is 0. The van der Waals surface area contributed by atoms with Crippen molar-refractivity contribution in [2.75, 3.05) is 6.61 Å². The Hall–Kier alpha value is -2.53. The van der Waals surface area contributed by atoms with Gasteiger partial charge in [-0.1, -0.05) is 51.5 Å². The van der Waals surface area contributed by atoms with Gasteiger partial charge in [0.1, 0.15) is 17.1 Å². The Bertz CT molecular complexity index is 898. The molecule has 0 saturated carbocycles. The van der Waals surface area contributed by atoms with Crippen molar-refractivity contribution in [1.29, 1.82) is 0 Å². The highest BCUT2D eigenvalue weighted by atomic mass is 16.7. The number of esters is 1. The third kappa shape index (κ3) is 10.2. The lowest BCUT2D eigenvalue weighted by Gasteiger charge is -2.28. The average molecular weight is 499 g/mol. The number of phenols is 1. The van der Waals surface area contributed by atoms with E-state index in [1.165, 1.54) is 5.56 Å². The van der Waals surface area contributed by atoms with Crippen LogP contribution < -0.4 is 4.74 Å². The first-order chi connectivity index (χ1) is 17.0. The molecule has 2 rings (SSSR count). The summed E-state index contributed by atoms with van der Waals surface area (Å²) in [5.74, 6) is 1.14. The van der Waals surface area contributed by atoms with Crippen molar-refractivity contribution in [3.8, 4) is 11.5 Å². The summed E-state index contributed by atoms with van der Waals surface area (Å²) in [7, 11) is 0. The topological polar surface area (TPSA) is 65.0 Å². The van der Waals surface area contributed by atoms with Gasteiger partial charge in [-0.3, -0.25) is 4.79 Å². The number of carbonyl (C=O) groups excluding carboxylic acids is 1. The molecule has 0 aliphatic carbocycles. The molecule has 2 aromatic rings. The van der Waals surface area contributed by atoms with Gasteiger partial charge in [-0.25, -0.2) is 0 Å². The molecular weight excluding hydrogens is 452 g/mol. The van der Waals surface area contributed by atoms with Crippen molar-refractivity contribution in [1.82, 2.24) is 0 Å². The van der Waals surface area contributed by atoms with Gasteiger partial charge in [0.15, 0.2) is 6.29 Å². The lowest BCUT2D eigenvalue weighted by Crippen LogP contribution is -2.29. The second kappa shape index (κ2) is 14.3. The van der Waals surface area contributed by atoms with Gasteiger partial charge >= 0.3 is 5.97 Å². The highest BCUT2D eigenvalue weighted by molar-refractivity contribution is 5.73. The monoisotopic (exact) mass is 498 g/mol. The van der Waals surface area contributed by atoms with Crippen LogP contribution in [0.15, 0.2) is 48.5 Å². The van der Waals surface area contributed by atoms with E-state index in [0.29, 0.717) is 13.0 Å². The zero-order chi connectivity index (χ0) is 26.7. The van der Waals surface area contributed by atoms with Gasteiger partial charge < -0.3 is 19.3 Å². The lowest BCUT2D eigenvalue weighted by atomic mass is 9.80. The zero-order valence-corrected chi connectivity index (χ0v) is 23.3. The molecule has 0 radical (unpaired) electrons. The van der Waals surface area contributed by atoms with Crippen molar-refractivity contribution in [3.05, 3.63) is 59.7 Å². The summed E-state index contributed by atoms with van der Waals surface area (Å²) in [6, 6.07) is 15.6. The molecule has 0 heterocycles. The Morgan fingerprint density at radius 2 is 1.53 bits per heavy atom. The van der Waals surface area contributed by atoms with E-state index in [1.807, 2.05) is 58.9 Å². The van der Waals surface area contributed by atoms with Crippen molar-refractivity contribution < 1.29 is 24.1 Å². The molecule has 4 atom stereocenters. The fourth-order valence-electron chi connectivity index (χ4n) is 4.33. The summed E-state index contributed by atoms with van der Waals surface area (Å²) in [5.41, 5.74) is 1.84. The SMILES string of the molecule is CCCCOC(C)Oc1ccc(C(C)CC(CC(CC)C(=O)OC(C)(C)C)c2ccc(O)cc2)cc1. The molecule has 0 aliphatic heterocycles. The minimum absolute atomic E-state index is 0.141. The maximum Gasteiger partial charge on any atom is 0.309 e. The standard InChI is InChI=1S/C31H46O5/c1-8-10-19-34-23(4)35-29-17-13-25(14-18-29)22(3)20-27(26-11-15-28(32)16-12-26)21-24(9-2)30(33)36-31(5,6)7/h11-18,22-24,27,32H,8-10,19-21H2,1-7H3. The van der Waals surface area contributed by atoms with Gasteiger partial charge in [-0.2, -0.15) is 0 Å². The third-order valence-electron chi connectivity index (χ3n) is 6.41. The molecule has 0 saturated heterocycles. The molecule has 0 bridgehead atoms. The van der Waals surface area contributed by atoms with Crippen molar-refractivity contribution in [2.24, 2.45) is 5.92 Å². The summed E-state index contributed by atoms with van der Waals surface area (Å²) in [5, 5.41) is 9.80. The molecular formula is C31H46O5. The largest absolute Gasteiger partial charge is 0.508 e. The minimum atomic E-state index is -0.506. The Kier molecular flexibility index (Phi) is 11.8. The van der Waals surface area contributed by atoms with Crippen LogP contribution in [0.25, 0.3) is 0 Å². The smallest absolute Gasteiger partial charge is 0.309 e. The predicted molar refractivity (Wildman–Crippen MR) is 146 cm³/mol. The number of hydrogen-bond acceptors (Lipinski definition) is 5. The van der Waals surface area contributed by atoms with Gasteiger partial charge in [0.05, 0.1) is 12.5 Å². The molecule has 0 spiro atoms. The molecule has 200 valence electrons. The van der Waals surface area contributed by atoms with Gasteiger partial charge in [-0.05, 0) is 101 Å². The van der Waals surface area contributed by atoms with Crippen molar-refractivity contribution >= 4 is 5.97 Å². The second-order valence-corrected chi connectivity index (χ2v) is 10.8. The summed E-state index contributed by atoms with van der Waals surface area (Å²) in [6.07, 6.45) is 4.15. The Morgan fingerprint density at radius 1 is 0.917 bits per heavy atom. The van der Waals surface area contributed by atoms with Crippen LogP contribution in [0, 0.1) is 5.92 Å². The van der Waals surface area contributed by atoms with Gasteiger partial charge in [0.25, 0.3) is 0 Å². The molecule has 4 unspecified atom stereocenters. The van der Waals surface area contributed by atoms with Crippen LogP contribution in [0.4, 0.5) is 0 Å². The highest BCUT2D eigenvalue weighted by Crippen LogP contribution is 2.36. The maximum atomic E-state index is 12.9. The number of aromatic hydroxyl groups is 1. The normalized spacial score (nSPS) is 15.1. The van der Waals surface area contributed by atoms with Crippen LogP contribution in [0.2, 0.25) is 0 Å². The number of unbranched alkanes of at least 4 members (excludes halogenated alkanes) is 1. The van der Waals surface area contributed by atoms with Crippen LogP contribution in [0.5, 0.6) is 11.5 Å². The van der Waals surface area contributed by atoms with E-state index in [2.05, 4.69) is 26.0 Å². The van der Waals surface area contributed by atoms with E-state index >= 15 is 0 Å². The van der Waals surface area contributed by atoms with E-state index in [1.54, 1.807) is 12.1 Å². The van der Waals surface area contributed by atoms with Crippen LogP contribution in [-0.2, 0) is 14.3 Å². The average Bonchev–Trinajstić information content (AvgIpc) is 2.81. The summed E-state index contributed by atoms with van der Waals surface area (Å²) in [6.45, 7) is 14.7. The Labute approximate surface area is 218 Å². The molecule has 0 amide bonds. The number of benzene rings is 2. The van der Waals surface area contributed by atoms with Gasteiger partial charge in [-0.15, -0.1) is 0 Å². The molecule has 0 aromatic heterocycles. The Balaban J connectivity index is 2.12. The van der Waals surface area contributed by atoms with E-state index in [-0.39, 0.29) is 35.8 Å². The first-order valence-corrected chi connectivity index (χ1v) is 13.4. The quantitative estimate of drug-likeness (QED) is 0.162. The third-order valence-corrected chi connectivity index (χ3v) is 6.41. The predicted octanol–water partition coefficient (Wildman–Crippen LogP) is 7.97. The second-order valence-electron chi connectivity index (χ2n) is 10.8. The van der Waals surface area contributed by atoms with Crippen LogP contribution in [-0.4, -0.2) is 29.6 Å². The number of ether oxygens (including phenoxy) is 3. The van der Waals surface area contributed by atoms with Crippen molar-refractivity contribution in [2.45, 2.75) is 104 Å². The van der Waals surface area contributed by atoms with Gasteiger partial charge in [0, 0.05) is 0 Å². The number of hydrogen-bond donors (Lipinski definition) is 1. The molecule has 5 nitrogen and oxygen atoms in total. The molecule has 36 heavy (non-hydrogen) atoms. The first kappa shape index (κ1) is 29.7. The van der Waals surface area contributed by atoms with Crippen LogP contribution in [0.3, 0.4) is 0 Å². The van der Waals surface area contributed by atoms with Crippen LogP contribution in [0.1, 0.15) is 104 Å². The number of phenolic OH excluding ortho intramolecular Hbond substituents is 1. The Morgan fingerprint density at radius 3 is 2.08 bits per heavy atom. The molecule has 5 heteroatoms. The van der Waals surface area contributed by atoms with Crippen molar-refractivity contribution in [3.63, 3.8) is 0 Å².